The Kier molecular flexibility index (Phi) is 6.91. The summed E-state index contributed by atoms with van der Waals surface area (Å²) in [6.45, 7) is 3.60. The number of carbonyl (C=O) groups excluding carboxylic acids is 1. The predicted molar refractivity (Wildman–Crippen MR) is 113 cm³/mol. The van der Waals surface area contributed by atoms with E-state index in [1.807, 2.05) is 49.4 Å². The van der Waals surface area contributed by atoms with Gasteiger partial charge in [-0.25, -0.2) is 4.98 Å². The number of aryl methyl sites for hydroxylation is 1. The van der Waals surface area contributed by atoms with E-state index in [2.05, 4.69) is 25.8 Å². The molecule has 3 aromatic rings. The zero-order valence-corrected chi connectivity index (χ0v) is 16.6. The van der Waals surface area contributed by atoms with Crippen molar-refractivity contribution >= 4 is 23.9 Å². The van der Waals surface area contributed by atoms with Crippen molar-refractivity contribution in [3.05, 3.63) is 59.0 Å². The summed E-state index contributed by atoms with van der Waals surface area (Å²) in [5.41, 5.74) is 2.06. The fraction of sp³-hybridized carbons (Fsp3) is 0.300. The Hall–Kier alpha value is -3.00. The molecule has 2 aromatic heterocycles. The standard InChI is InChI=1S/C20H24N6OS/c1-15-7-6-8-16(13-15)19-24-25-20(28)26(19)14-18(27)23-12-5-4-11-22-17-9-2-3-10-21-17/h2-3,6-10,13H,4-5,11-12,14H2,1H3,(H,21,22)(H,23,27)(H,25,28). The molecule has 0 atom stereocenters. The monoisotopic (exact) mass is 396 g/mol. The third-order valence-electron chi connectivity index (χ3n) is 4.23. The summed E-state index contributed by atoms with van der Waals surface area (Å²) in [5.74, 6) is 1.46. The minimum atomic E-state index is -0.0795. The van der Waals surface area contributed by atoms with E-state index in [4.69, 9.17) is 12.2 Å². The molecule has 8 heteroatoms. The van der Waals surface area contributed by atoms with Gasteiger partial charge in [-0.05, 0) is 50.2 Å². The fourth-order valence-electron chi connectivity index (χ4n) is 2.83. The first-order valence-electron chi connectivity index (χ1n) is 9.27. The quantitative estimate of drug-likeness (QED) is 0.381. The van der Waals surface area contributed by atoms with E-state index in [0.717, 1.165) is 36.3 Å². The van der Waals surface area contributed by atoms with Crippen LogP contribution in [0, 0.1) is 11.7 Å². The van der Waals surface area contributed by atoms with Gasteiger partial charge in [0.25, 0.3) is 0 Å². The number of carbonyl (C=O) groups is 1. The van der Waals surface area contributed by atoms with Crippen LogP contribution < -0.4 is 10.6 Å². The molecule has 0 aliphatic heterocycles. The molecular weight excluding hydrogens is 372 g/mol. The van der Waals surface area contributed by atoms with Crippen LogP contribution in [0.4, 0.5) is 5.82 Å². The van der Waals surface area contributed by atoms with E-state index in [1.54, 1.807) is 10.8 Å². The Labute approximate surface area is 169 Å². The fourth-order valence-corrected chi connectivity index (χ4v) is 3.03. The number of hydrogen-bond acceptors (Lipinski definition) is 5. The Morgan fingerprint density at radius 3 is 2.82 bits per heavy atom. The second kappa shape index (κ2) is 9.80. The average Bonchev–Trinajstić information content (AvgIpc) is 3.06. The van der Waals surface area contributed by atoms with E-state index in [9.17, 15) is 4.79 Å². The maximum atomic E-state index is 12.3. The number of nitrogens with zero attached hydrogens (tertiary/aromatic N) is 3. The zero-order chi connectivity index (χ0) is 19.8. The predicted octanol–water partition coefficient (Wildman–Crippen LogP) is 3.32. The van der Waals surface area contributed by atoms with E-state index in [-0.39, 0.29) is 12.5 Å². The minimum Gasteiger partial charge on any atom is -0.370 e. The van der Waals surface area contributed by atoms with Crippen molar-refractivity contribution in [1.29, 1.82) is 0 Å². The summed E-state index contributed by atoms with van der Waals surface area (Å²) in [7, 11) is 0. The molecule has 1 amide bonds. The van der Waals surface area contributed by atoms with Crippen molar-refractivity contribution in [2.75, 3.05) is 18.4 Å². The highest BCUT2D eigenvalue weighted by Gasteiger charge is 2.12. The number of aromatic amines is 1. The van der Waals surface area contributed by atoms with Gasteiger partial charge in [-0.1, -0.05) is 29.8 Å². The maximum absolute atomic E-state index is 12.3. The van der Waals surface area contributed by atoms with Gasteiger partial charge in [0.2, 0.25) is 5.91 Å². The van der Waals surface area contributed by atoms with Crippen LogP contribution in [-0.4, -0.2) is 38.7 Å². The Bertz CT molecular complexity index is 966. The molecule has 0 unspecified atom stereocenters. The Morgan fingerprint density at radius 1 is 1.18 bits per heavy atom. The molecule has 0 aliphatic rings. The largest absolute Gasteiger partial charge is 0.370 e. The van der Waals surface area contributed by atoms with Gasteiger partial charge < -0.3 is 10.6 Å². The molecule has 0 radical (unpaired) electrons. The summed E-state index contributed by atoms with van der Waals surface area (Å²) in [4.78, 5) is 16.5. The summed E-state index contributed by atoms with van der Waals surface area (Å²) in [6, 6.07) is 13.7. The number of benzene rings is 1. The lowest BCUT2D eigenvalue weighted by molar-refractivity contribution is -0.121. The normalized spacial score (nSPS) is 10.6. The topological polar surface area (TPSA) is 87.6 Å². The maximum Gasteiger partial charge on any atom is 0.240 e. The first-order chi connectivity index (χ1) is 13.6. The van der Waals surface area contributed by atoms with Crippen molar-refractivity contribution in [2.24, 2.45) is 0 Å². The van der Waals surface area contributed by atoms with Crippen LogP contribution in [0.5, 0.6) is 0 Å². The highest BCUT2D eigenvalue weighted by molar-refractivity contribution is 7.71. The molecule has 0 spiro atoms. The van der Waals surface area contributed by atoms with Gasteiger partial charge in [0, 0.05) is 24.8 Å². The summed E-state index contributed by atoms with van der Waals surface area (Å²) >= 11 is 5.29. The zero-order valence-electron chi connectivity index (χ0n) is 15.8. The van der Waals surface area contributed by atoms with Crippen molar-refractivity contribution < 1.29 is 4.79 Å². The molecule has 28 heavy (non-hydrogen) atoms. The molecule has 0 saturated carbocycles. The van der Waals surface area contributed by atoms with Crippen molar-refractivity contribution in [3.63, 3.8) is 0 Å². The highest BCUT2D eigenvalue weighted by atomic mass is 32.1. The second-order valence-corrected chi connectivity index (χ2v) is 6.89. The molecule has 146 valence electrons. The number of rotatable bonds is 9. The number of aromatic nitrogens is 4. The number of anilines is 1. The lowest BCUT2D eigenvalue weighted by Gasteiger charge is -2.09. The number of nitrogens with one attached hydrogen (secondary N) is 3. The van der Waals surface area contributed by atoms with Gasteiger partial charge in [-0.3, -0.25) is 14.5 Å². The van der Waals surface area contributed by atoms with Crippen LogP contribution in [0.25, 0.3) is 11.4 Å². The van der Waals surface area contributed by atoms with Gasteiger partial charge in [-0.15, -0.1) is 0 Å². The molecule has 2 heterocycles. The van der Waals surface area contributed by atoms with Crippen molar-refractivity contribution in [2.45, 2.75) is 26.3 Å². The lowest BCUT2D eigenvalue weighted by atomic mass is 10.1. The van der Waals surface area contributed by atoms with Crippen LogP contribution in [0.1, 0.15) is 18.4 Å². The molecule has 3 N–H and O–H groups in total. The van der Waals surface area contributed by atoms with Crippen molar-refractivity contribution in [1.82, 2.24) is 25.1 Å². The summed E-state index contributed by atoms with van der Waals surface area (Å²) in [5, 5.41) is 13.3. The molecule has 3 rings (SSSR count). The number of amides is 1. The van der Waals surface area contributed by atoms with Crippen LogP contribution in [0.15, 0.2) is 48.7 Å². The molecular formula is C20H24N6OS. The van der Waals surface area contributed by atoms with E-state index >= 15 is 0 Å². The lowest BCUT2D eigenvalue weighted by Crippen LogP contribution is -2.29. The Balaban J connectivity index is 1.45. The van der Waals surface area contributed by atoms with Gasteiger partial charge in [0.05, 0.1) is 0 Å². The first kappa shape index (κ1) is 19.8. The molecule has 7 nitrogen and oxygen atoms in total. The van der Waals surface area contributed by atoms with E-state index in [0.29, 0.717) is 17.1 Å². The minimum absolute atomic E-state index is 0.0795. The molecule has 0 aliphatic carbocycles. The van der Waals surface area contributed by atoms with Crippen LogP contribution in [0.2, 0.25) is 0 Å². The molecule has 0 saturated heterocycles. The van der Waals surface area contributed by atoms with Crippen LogP contribution in [0.3, 0.4) is 0 Å². The van der Waals surface area contributed by atoms with Gasteiger partial charge >= 0.3 is 0 Å². The molecule has 1 aromatic carbocycles. The molecule has 0 bridgehead atoms. The van der Waals surface area contributed by atoms with Crippen molar-refractivity contribution in [3.8, 4) is 11.4 Å². The summed E-state index contributed by atoms with van der Waals surface area (Å²) in [6.07, 6.45) is 3.58. The second-order valence-electron chi connectivity index (χ2n) is 6.51. The summed E-state index contributed by atoms with van der Waals surface area (Å²) < 4.78 is 2.16. The van der Waals surface area contributed by atoms with Gasteiger partial charge in [-0.2, -0.15) is 5.10 Å². The molecule has 0 fully saturated rings. The SMILES string of the molecule is Cc1cccc(-c2n[nH]c(=S)n2CC(=O)NCCCCNc2ccccn2)c1. The Morgan fingerprint density at radius 2 is 2.04 bits per heavy atom. The van der Waals surface area contributed by atoms with Crippen LogP contribution in [-0.2, 0) is 11.3 Å². The van der Waals surface area contributed by atoms with E-state index in [1.165, 1.54) is 0 Å². The number of H-pyrrole nitrogens is 1. The first-order valence-corrected chi connectivity index (χ1v) is 9.68. The highest BCUT2D eigenvalue weighted by Crippen LogP contribution is 2.18. The number of hydrogen-bond donors (Lipinski definition) is 3. The smallest absolute Gasteiger partial charge is 0.240 e. The van der Waals surface area contributed by atoms with E-state index < -0.39 is 0 Å². The third kappa shape index (κ3) is 5.50. The van der Waals surface area contributed by atoms with Gasteiger partial charge in [0.1, 0.15) is 12.4 Å². The average molecular weight is 397 g/mol. The number of pyridine rings is 1. The third-order valence-corrected chi connectivity index (χ3v) is 4.54. The number of unbranched alkanes of at least 4 members (excludes halogenated alkanes) is 1. The van der Waals surface area contributed by atoms with Gasteiger partial charge in [0.15, 0.2) is 10.6 Å². The van der Waals surface area contributed by atoms with Crippen LogP contribution >= 0.6 is 12.2 Å².